The number of aliphatic imine (C=N–C) groups is 2. The van der Waals surface area contributed by atoms with Gasteiger partial charge in [0.1, 0.15) is 11.7 Å². The number of nitrogen functional groups attached to an aromatic ring is 1. The lowest BCUT2D eigenvalue weighted by Crippen LogP contribution is -2.50. The van der Waals surface area contributed by atoms with Gasteiger partial charge in [-0.05, 0) is 77.6 Å². The standard InChI is InChI=1S/C25H38N6O3.C19H30N4O2/c1-16(2)21-13-23(34-6)22(33-5)12-19(21)11-20-14-27-25(29-24(20)26)28-17(3)15-30-7-9-31(10-8-30)18(4)32;1-11(2)14-8-16(25-6)15(24-5)7-13(14)9-19(12(3)4)10-22-18(21)23-17(19)20/h12-14,16-17H,7-11,15H2,1-6H3,(H3,26,27,28,29);7-8,10-12,18H,9,21H2,1-6H3,(H2,20,23). The molecule has 0 saturated carbocycles. The van der Waals surface area contributed by atoms with Crippen LogP contribution < -0.4 is 41.5 Å². The average Bonchev–Trinajstić information content (AvgIpc) is 3.19. The van der Waals surface area contributed by atoms with Gasteiger partial charge in [0.25, 0.3) is 0 Å². The molecule has 3 aromatic rings. The van der Waals surface area contributed by atoms with Crippen molar-refractivity contribution in [3.63, 3.8) is 0 Å². The molecule has 15 heteroatoms. The Morgan fingerprint density at radius 2 is 1.34 bits per heavy atom. The highest BCUT2D eigenvalue weighted by atomic mass is 16.5. The first-order chi connectivity index (χ1) is 28.0. The smallest absolute Gasteiger partial charge is 0.224 e. The van der Waals surface area contributed by atoms with E-state index < -0.39 is 11.7 Å². The van der Waals surface area contributed by atoms with Crippen LogP contribution >= 0.6 is 0 Å². The van der Waals surface area contributed by atoms with Gasteiger partial charge in [-0.1, -0.05) is 41.5 Å². The summed E-state index contributed by atoms with van der Waals surface area (Å²) in [5.41, 5.74) is 23.5. The van der Waals surface area contributed by atoms with Gasteiger partial charge in [0.2, 0.25) is 11.9 Å². The first kappa shape index (κ1) is 46.5. The SMILES string of the molecule is COc1cc(CC2(C(C)C)C=NC(N)N=C2N)c(C(C)C)cc1OC.COc1cc(Cc2cnc(NC(C)CN3CCN(C(C)=O)CC3)nc2N)c(C(C)C)cc1OC. The van der Waals surface area contributed by atoms with E-state index in [1.165, 1.54) is 11.1 Å². The molecule has 3 unspecified atom stereocenters. The summed E-state index contributed by atoms with van der Waals surface area (Å²) in [5, 5.41) is 3.36. The number of hydrogen-bond acceptors (Lipinski definition) is 14. The minimum Gasteiger partial charge on any atom is -0.493 e. The largest absolute Gasteiger partial charge is 0.493 e. The van der Waals surface area contributed by atoms with Gasteiger partial charge >= 0.3 is 0 Å². The summed E-state index contributed by atoms with van der Waals surface area (Å²) in [5.74, 6) is 5.38. The zero-order chi connectivity index (χ0) is 43.6. The van der Waals surface area contributed by atoms with Crippen LogP contribution in [0, 0.1) is 11.3 Å². The summed E-state index contributed by atoms with van der Waals surface area (Å²) in [6.07, 6.45) is 4.36. The van der Waals surface area contributed by atoms with Crippen molar-refractivity contribution < 1.29 is 23.7 Å². The second kappa shape index (κ2) is 20.7. The minimum absolute atomic E-state index is 0.142. The average molecular weight is 817 g/mol. The molecule has 15 nitrogen and oxygen atoms in total. The number of nitrogens with one attached hydrogen (secondary N) is 1. The molecule has 0 aliphatic carbocycles. The number of amides is 1. The zero-order valence-electron chi connectivity index (χ0n) is 37.3. The molecule has 0 spiro atoms. The van der Waals surface area contributed by atoms with E-state index in [0.717, 1.165) is 60.9 Å². The van der Waals surface area contributed by atoms with Crippen molar-refractivity contribution in [2.24, 2.45) is 32.8 Å². The predicted octanol–water partition coefficient (Wildman–Crippen LogP) is 5.45. The van der Waals surface area contributed by atoms with Crippen LogP contribution in [0.25, 0.3) is 0 Å². The van der Waals surface area contributed by atoms with Gasteiger partial charge in [0, 0.05) is 70.1 Å². The van der Waals surface area contributed by atoms with Gasteiger partial charge in [0.15, 0.2) is 29.3 Å². The molecule has 324 valence electrons. The van der Waals surface area contributed by atoms with E-state index in [4.69, 9.17) is 36.1 Å². The van der Waals surface area contributed by atoms with E-state index >= 15 is 0 Å². The van der Waals surface area contributed by atoms with E-state index in [1.54, 1.807) is 41.6 Å². The Kier molecular flexibility index (Phi) is 16.3. The molecular weight excluding hydrogens is 749 g/mol. The van der Waals surface area contributed by atoms with Crippen LogP contribution in [0.3, 0.4) is 0 Å². The number of nitrogens with two attached hydrogens (primary N) is 3. The lowest BCUT2D eigenvalue weighted by atomic mass is 9.71. The molecule has 1 fully saturated rings. The van der Waals surface area contributed by atoms with Crippen LogP contribution in [0.1, 0.15) is 95.0 Å². The Bertz CT molecular complexity index is 1940. The van der Waals surface area contributed by atoms with Gasteiger partial charge in [-0.25, -0.2) is 9.98 Å². The minimum atomic E-state index is -0.609. The van der Waals surface area contributed by atoms with Crippen molar-refractivity contribution in [1.82, 2.24) is 19.8 Å². The van der Waals surface area contributed by atoms with E-state index in [9.17, 15) is 4.79 Å². The monoisotopic (exact) mass is 817 g/mol. The number of amidine groups is 1. The van der Waals surface area contributed by atoms with Gasteiger partial charge in [-0.15, -0.1) is 0 Å². The lowest BCUT2D eigenvalue weighted by Gasteiger charge is -2.37. The fraction of sp³-hybridized carbons (Fsp3) is 0.568. The predicted molar refractivity (Wildman–Crippen MR) is 237 cm³/mol. The molecule has 1 aromatic heterocycles. The highest BCUT2D eigenvalue weighted by molar-refractivity contribution is 6.02. The summed E-state index contributed by atoms with van der Waals surface area (Å²) in [7, 11) is 6.58. The van der Waals surface area contributed by atoms with E-state index in [0.29, 0.717) is 53.8 Å². The third-order valence-corrected chi connectivity index (χ3v) is 11.3. The van der Waals surface area contributed by atoms with Crippen molar-refractivity contribution in [3.05, 3.63) is 58.3 Å². The highest BCUT2D eigenvalue weighted by Gasteiger charge is 2.40. The van der Waals surface area contributed by atoms with Crippen LogP contribution in [0.5, 0.6) is 23.0 Å². The number of anilines is 2. The van der Waals surface area contributed by atoms with Crippen LogP contribution in [0.15, 0.2) is 40.4 Å². The summed E-state index contributed by atoms with van der Waals surface area (Å²) >= 11 is 0. The Morgan fingerprint density at radius 3 is 1.81 bits per heavy atom. The second-order valence-electron chi connectivity index (χ2n) is 16.3. The van der Waals surface area contributed by atoms with Crippen LogP contribution in [0.4, 0.5) is 11.8 Å². The van der Waals surface area contributed by atoms with Crippen molar-refractivity contribution in [2.45, 2.75) is 92.4 Å². The molecule has 5 rings (SSSR count). The second-order valence-corrected chi connectivity index (χ2v) is 16.3. The van der Waals surface area contributed by atoms with Crippen LogP contribution in [0.2, 0.25) is 0 Å². The first-order valence-electron chi connectivity index (χ1n) is 20.5. The number of hydrogen-bond donors (Lipinski definition) is 4. The number of benzene rings is 2. The van der Waals surface area contributed by atoms with Gasteiger partial charge < -0.3 is 40.6 Å². The van der Waals surface area contributed by atoms with Crippen molar-refractivity contribution in [1.29, 1.82) is 0 Å². The Hall–Kier alpha value is -5.15. The van der Waals surface area contributed by atoms with E-state index in [2.05, 4.69) is 78.6 Å². The number of ether oxygens (including phenoxy) is 4. The lowest BCUT2D eigenvalue weighted by molar-refractivity contribution is -0.130. The molecule has 3 heterocycles. The number of carbonyl (C=O) groups excluding carboxylic acids is 1. The number of rotatable bonds is 15. The molecule has 3 atom stereocenters. The molecule has 1 saturated heterocycles. The van der Waals surface area contributed by atoms with E-state index in [-0.39, 0.29) is 17.9 Å². The maximum Gasteiger partial charge on any atom is 0.224 e. The highest BCUT2D eigenvalue weighted by Crippen LogP contribution is 2.40. The summed E-state index contributed by atoms with van der Waals surface area (Å²) in [4.78, 5) is 33.4. The molecule has 2 aromatic carbocycles. The van der Waals surface area contributed by atoms with Crippen molar-refractivity contribution in [2.75, 3.05) is 72.2 Å². The summed E-state index contributed by atoms with van der Waals surface area (Å²) in [6.45, 7) is 20.7. The maximum absolute atomic E-state index is 11.5. The normalized spacial score (nSPS) is 18.6. The van der Waals surface area contributed by atoms with Gasteiger partial charge in [0.05, 0.1) is 33.9 Å². The quantitative estimate of drug-likeness (QED) is 0.151. The Balaban J connectivity index is 0.000000273. The molecule has 1 amide bonds. The van der Waals surface area contributed by atoms with Crippen molar-refractivity contribution >= 4 is 29.7 Å². The third kappa shape index (κ3) is 11.5. The number of nitrogens with zero attached hydrogens (tertiary/aromatic N) is 6. The number of carbonyl (C=O) groups is 1. The van der Waals surface area contributed by atoms with Gasteiger partial charge in [-0.3, -0.25) is 20.4 Å². The summed E-state index contributed by atoms with van der Waals surface area (Å²) < 4.78 is 21.9. The molecule has 0 bridgehead atoms. The number of piperazine rings is 1. The molecule has 2 aliphatic heterocycles. The third-order valence-electron chi connectivity index (χ3n) is 11.3. The molecule has 0 radical (unpaired) electrons. The van der Waals surface area contributed by atoms with Gasteiger partial charge in [-0.2, -0.15) is 4.98 Å². The maximum atomic E-state index is 11.5. The zero-order valence-corrected chi connectivity index (χ0v) is 37.3. The molecule has 7 N–H and O–H groups in total. The van der Waals surface area contributed by atoms with Crippen LogP contribution in [-0.2, 0) is 17.6 Å². The topological polar surface area (TPSA) is 201 Å². The number of aromatic nitrogens is 2. The fourth-order valence-corrected chi connectivity index (χ4v) is 7.66. The molecule has 2 aliphatic rings. The molecule has 59 heavy (non-hydrogen) atoms. The number of methoxy groups -OCH3 is 4. The first-order valence-corrected chi connectivity index (χ1v) is 20.5. The van der Waals surface area contributed by atoms with Crippen LogP contribution in [-0.4, -0.2) is 111 Å². The van der Waals surface area contributed by atoms with Crippen molar-refractivity contribution in [3.8, 4) is 23.0 Å². The molecular formula is C44H68N10O5. The summed E-state index contributed by atoms with van der Waals surface area (Å²) in [6, 6.07) is 8.27. The Labute approximate surface area is 351 Å². The fourth-order valence-electron chi connectivity index (χ4n) is 7.66. The Morgan fingerprint density at radius 1 is 0.814 bits per heavy atom. The van der Waals surface area contributed by atoms with E-state index in [1.807, 2.05) is 35.4 Å².